The van der Waals surface area contributed by atoms with Crippen LogP contribution in [0.2, 0.25) is 0 Å². The molecule has 2 amide bonds. The molecule has 0 atom stereocenters. The van der Waals surface area contributed by atoms with E-state index < -0.39 is 0 Å². The number of fused-ring (bicyclic) bond motifs is 1. The number of benzene rings is 1. The number of hydrogen-bond acceptors (Lipinski definition) is 3. The molecule has 2 aromatic rings. The van der Waals surface area contributed by atoms with Gasteiger partial charge in [-0.25, -0.2) is 4.98 Å². The van der Waals surface area contributed by atoms with E-state index in [4.69, 9.17) is 0 Å². The molecule has 25 heavy (non-hydrogen) atoms. The average Bonchev–Trinajstić information content (AvgIpc) is 2.68. The van der Waals surface area contributed by atoms with Gasteiger partial charge in [-0.05, 0) is 43.5 Å². The van der Waals surface area contributed by atoms with Gasteiger partial charge in [0.1, 0.15) is 11.4 Å². The van der Waals surface area contributed by atoms with E-state index >= 15 is 0 Å². The second-order valence-electron chi connectivity index (χ2n) is 6.13. The van der Waals surface area contributed by atoms with Crippen LogP contribution in [0.25, 0.3) is 0 Å². The third-order valence-electron chi connectivity index (χ3n) is 4.66. The van der Waals surface area contributed by atoms with E-state index in [9.17, 15) is 9.59 Å². The molecule has 0 radical (unpaired) electrons. The van der Waals surface area contributed by atoms with Gasteiger partial charge in [0.05, 0.1) is 0 Å². The van der Waals surface area contributed by atoms with Gasteiger partial charge in [0.25, 0.3) is 11.8 Å². The average molecular weight is 337 g/mol. The van der Waals surface area contributed by atoms with Crippen molar-refractivity contribution in [1.29, 1.82) is 0 Å². The summed E-state index contributed by atoms with van der Waals surface area (Å²) in [6, 6.07) is 13.3. The van der Waals surface area contributed by atoms with Crippen LogP contribution in [-0.2, 0) is 13.0 Å². The number of carbonyl (C=O) groups excluding carboxylic acids is 2. The Balaban J connectivity index is 1.79. The van der Waals surface area contributed by atoms with Crippen LogP contribution in [-0.4, -0.2) is 46.2 Å². The quantitative estimate of drug-likeness (QED) is 0.862. The van der Waals surface area contributed by atoms with E-state index in [1.165, 1.54) is 11.1 Å². The van der Waals surface area contributed by atoms with Gasteiger partial charge in [-0.2, -0.15) is 0 Å². The molecule has 0 saturated heterocycles. The van der Waals surface area contributed by atoms with Gasteiger partial charge in [-0.15, -0.1) is 0 Å². The second kappa shape index (κ2) is 7.47. The van der Waals surface area contributed by atoms with Gasteiger partial charge in [0.2, 0.25) is 0 Å². The SMILES string of the molecule is CCN(CC)C(=O)c1cccc(C(=O)N2CCc3ccccc3C2)n1. The van der Waals surface area contributed by atoms with Crippen LogP contribution >= 0.6 is 0 Å². The number of pyridine rings is 1. The Labute approximate surface area is 148 Å². The van der Waals surface area contributed by atoms with Crippen molar-refractivity contribution in [2.24, 2.45) is 0 Å². The number of aromatic nitrogens is 1. The van der Waals surface area contributed by atoms with E-state index in [1.54, 1.807) is 28.0 Å². The van der Waals surface area contributed by atoms with Crippen LogP contribution in [0.3, 0.4) is 0 Å². The lowest BCUT2D eigenvalue weighted by Crippen LogP contribution is -2.37. The van der Waals surface area contributed by atoms with Crippen LogP contribution in [0.5, 0.6) is 0 Å². The maximum absolute atomic E-state index is 12.8. The van der Waals surface area contributed by atoms with Gasteiger partial charge in [-0.3, -0.25) is 9.59 Å². The van der Waals surface area contributed by atoms with Gasteiger partial charge in [0, 0.05) is 26.2 Å². The summed E-state index contributed by atoms with van der Waals surface area (Å²) < 4.78 is 0. The minimum atomic E-state index is -0.136. The van der Waals surface area contributed by atoms with Crippen LogP contribution in [0.1, 0.15) is 46.0 Å². The van der Waals surface area contributed by atoms with Gasteiger partial charge >= 0.3 is 0 Å². The molecular formula is C20H23N3O2. The summed E-state index contributed by atoms with van der Waals surface area (Å²) in [5.41, 5.74) is 3.13. The molecule has 1 aromatic heterocycles. The van der Waals surface area contributed by atoms with Crippen molar-refractivity contribution in [3.8, 4) is 0 Å². The van der Waals surface area contributed by atoms with Crippen LogP contribution in [0.4, 0.5) is 0 Å². The zero-order chi connectivity index (χ0) is 17.8. The normalized spacial score (nSPS) is 13.3. The predicted octanol–water partition coefficient (Wildman–Crippen LogP) is 2.76. The summed E-state index contributed by atoms with van der Waals surface area (Å²) in [4.78, 5) is 33.1. The molecule has 0 bridgehead atoms. The molecule has 5 nitrogen and oxygen atoms in total. The molecule has 1 aliphatic rings. The lowest BCUT2D eigenvalue weighted by molar-refractivity contribution is 0.0727. The molecular weight excluding hydrogens is 314 g/mol. The zero-order valence-electron chi connectivity index (χ0n) is 14.7. The summed E-state index contributed by atoms with van der Waals surface area (Å²) in [6.45, 7) is 6.37. The Hall–Kier alpha value is -2.69. The molecule has 0 aliphatic carbocycles. The fourth-order valence-electron chi connectivity index (χ4n) is 3.18. The number of hydrogen-bond donors (Lipinski definition) is 0. The summed E-state index contributed by atoms with van der Waals surface area (Å²) in [6.07, 6.45) is 0.847. The molecule has 2 heterocycles. The predicted molar refractivity (Wildman–Crippen MR) is 96.4 cm³/mol. The van der Waals surface area contributed by atoms with Crippen molar-refractivity contribution in [3.05, 3.63) is 65.0 Å². The fourth-order valence-corrected chi connectivity index (χ4v) is 3.18. The van der Waals surface area contributed by atoms with Crippen LogP contribution in [0, 0.1) is 0 Å². The minimum Gasteiger partial charge on any atom is -0.338 e. The third kappa shape index (κ3) is 3.55. The molecule has 130 valence electrons. The van der Waals surface area contributed by atoms with E-state index in [0.717, 1.165) is 6.42 Å². The Morgan fingerprint density at radius 3 is 2.40 bits per heavy atom. The Bertz CT molecular complexity index is 784. The summed E-state index contributed by atoms with van der Waals surface area (Å²) in [7, 11) is 0. The van der Waals surface area contributed by atoms with E-state index in [2.05, 4.69) is 17.1 Å². The number of amides is 2. The van der Waals surface area contributed by atoms with E-state index in [-0.39, 0.29) is 11.8 Å². The molecule has 1 aromatic carbocycles. The molecule has 0 unspecified atom stereocenters. The van der Waals surface area contributed by atoms with Crippen molar-refractivity contribution in [2.75, 3.05) is 19.6 Å². The topological polar surface area (TPSA) is 53.5 Å². The first kappa shape index (κ1) is 17.1. The highest BCUT2D eigenvalue weighted by atomic mass is 16.2. The highest BCUT2D eigenvalue weighted by Gasteiger charge is 2.23. The molecule has 5 heteroatoms. The van der Waals surface area contributed by atoms with Gasteiger partial charge in [-0.1, -0.05) is 30.3 Å². The second-order valence-corrected chi connectivity index (χ2v) is 6.13. The molecule has 0 fully saturated rings. The van der Waals surface area contributed by atoms with Crippen molar-refractivity contribution in [3.63, 3.8) is 0 Å². The Morgan fingerprint density at radius 1 is 1.00 bits per heavy atom. The lowest BCUT2D eigenvalue weighted by atomic mass is 10.00. The maximum atomic E-state index is 12.8. The highest BCUT2D eigenvalue weighted by Crippen LogP contribution is 2.20. The van der Waals surface area contributed by atoms with Crippen LogP contribution in [0.15, 0.2) is 42.5 Å². The summed E-state index contributed by atoms with van der Waals surface area (Å²) >= 11 is 0. The largest absolute Gasteiger partial charge is 0.338 e. The van der Waals surface area contributed by atoms with Crippen molar-refractivity contribution >= 4 is 11.8 Å². The summed E-state index contributed by atoms with van der Waals surface area (Å²) in [5.74, 6) is -0.257. The lowest BCUT2D eigenvalue weighted by Gasteiger charge is -2.28. The van der Waals surface area contributed by atoms with Crippen LogP contribution < -0.4 is 0 Å². The van der Waals surface area contributed by atoms with Crippen molar-refractivity contribution in [2.45, 2.75) is 26.8 Å². The molecule has 3 rings (SSSR count). The zero-order valence-corrected chi connectivity index (χ0v) is 14.7. The van der Waals surface area contributed by atoms with E-state index in [1.807, 2.05) is 26.0 Å². The first-order valence-corrected chi connectivity index (χ1v) is 8.76. The fraction of sp³-hybridized carbons (Fsp3) is 0.350. The number of nitrogens with zero attached hydrogens (tertiary/aromatic N) is 3. The van der Waals surface area contributed by atoms with Gasteiger partial charge < -0.3 is 9.80 Å². The summed E-state index contributed by atoms with van der Waals surface area (Å²) in [5, 5.41) is 0. The smallest absolute Gasteiger partial charge is 0.272 e. The minimum absolute atomic E-state index is 0.122. The van der Waals surface area contributed by atoms with E-state index in [0.29, 0.717) is 37.6 Å². The van der Waals surface area contributed by atoms with Gasteiger partial charge in [0.15, 0.2) is 0 Å². The Kier molecular flexibility index (Phi) is 5.12. The molecule has 0 spiro atoms. The first-order valence-electron chi connectivity index (χ1n) is 8.76. The molecule has 0 saturated carbocycles. The Morgan fingerprint density at radius 2 is 1.68 bits per heavy atom. The third-order valence-corrected chi connectivity index (χ3v) is 4.66. The maximum Gasteiger partial charge on any atom is 0.272 e. The first-order chi connectivity index (χ1) is 12.1. The van der Waals surface area contributed by atoms with Crippen molar-refractivity contribution < 1.29 is 9.59 Å². The standard InChI is InChI=1S/C20H23N3O2/c1-3-22(4-2)19(24)17-10-7-11-18(21-17)20(25)23-13-12-15-8-5-6-9-16(15)14-23/h5-11H,3-4,12-14H2,1-2H3. The monoisotopic (exact) mass is 337 g/mol. The molecule has 0 N–H and O–H groups in total. The number of carbonyl (C=O) groups is 2. The number of rotatable bonds is 4. The van der Waals surface area contributed by atoms with Crippen molar-refractivity contribution in [1.82, 2.24) is 14.8 Å². The molecule has 1 aliphatic heterocycles. The highest BCUT2D eigenvalue weighted by molar-refractivity contribution is 5.96.